The lowest BCUT2D eigenvalue weighted by atomic mass is 9.63. The molecule has 0 atom stereocenters. The number of nitrogens with one attached hydrogen (secondary N) is 1. The summed E-state index contributed by atoms with van der Waals surface area (Å²) in [5.41, 5.74) is 7.38. The van der Waals surface area contributed by atoms with E-state index in [0.717, 1.165) is 58.7 Å². The van der Waals surface area contributed by atoms with Gasteiger partial charge >= 0.3 is 0 Å². The van der Waals surface area contributed by atoms with E-state index in [9.17, 15) is 14.4 Å². The Morgan fingerprint density at radius 3 is 1.93 bits per heavy atom. The molecule has 0 spiro atoms. The molecular formula is C35H42N2O4. The summed E-state index contributed by atoms with van der Waals surface area (Å²) in [6.45, 7) is 15.4. The molecule has 2 aromatic carbocycles. The fourth-order valence-corrected chi connectivity index (χ4v) is 6.68. The van der Waals surface area contributed by atoms with Crippen LogP contribution in [-0.2, 0) is 14.4 Å². The Morgan fingerprint density at radius 1 is 0.854 bits per heavy atom. The molecule has 1 aliphatic heterocycles. The van der Waals surface area contributed by atoms with Crippen LogP contribution in [0.2, 0.25) is 0 Å². The molecule has 2 aromatic rings. The SMILES string of the molecule is CCN1C2=C(C(=O)CC(C)(C)C2)C(c2ccc(OCC(=O)Nc3ccc(C)c(C)c3)cc2)C2=C1CC(C)(C)CC2=O. The first-order valence-electron chi connectivity index (χ1n) is 14.7. The largest absolute Gasteiger partial charge is 0.484 e. The van der Waals surface area contributed by atoms with Gasteiger partial charge in [0.25, 0.3) is 5.91 Å². The standard InChI is InChI=1S/C35H42N2O4/c1-8-37-26-16-34(4,5)18-28(38)32(26)31(33-27(37)17-35(6,7)19-29(33)39)23-10-13-25(14-11-23)41-20-30(40)36-24-12-9-21(2)22(3)15-24/h9-15,31H,8,16-20H2,1-7H3,(H,36,40). The number of nitrogens with zero attached hydrogens (tertiary/aromatic N) is 1. The number of hydrogen-bond donors (Lipinski definition) is 1. The highest BCUT2D eigenvalue weighted by atomic mass is 16.5. The first-order chi connectivity index (χ1) is 19.3. The van der Waals surface area contributed by atoms with Crippen molar-refractivity contribution in [1.29, 1.82) is 0 Å². The molecule has 216 valence electrons. The number of anilines is 1. The van der Waals surface area contributed by atoms with E-state index in [-0.39, 0.29) is 40.8 Å². The molecule has 0 aromatic heterocycles. The number of hydrogen-bond acceptors (Lipinski definition) is 5. The maximum atomic E-state index is 13.7. The van der Waals surface area contributed by atoms with E-state index in [1.165, 1.54) is 5.56 Å². The van der Waals surface area contributed by atoms with Gasteiger partial charge in [-0.3, -0.25) is 14.4 Å². The number of rotatable bonds is 6. The summed E-state index contributed by atoms with van der Waals surface area (Å²) in [6.07, 6.45) is 2.55. The molecule has 0 fully saturated rings. The molecule has 0 unspecified atom stereocenters. The molecule has 6 nitrogen and oxygen atoms in total. The average molecular weight is 555 g/mol. The van der Waals surface area contributed by atoms with Crippen LogP contribution in [0.25, 0.3) is 0 Å². The minimum atomic E-state index is -0.378. The number of aryl methyl sites for hydroxylation is 2. The topological polar surface area (TPSA) is 75.7 Å². The Hall–Kier alpha value is -3.67. The van der Waals surface area contributed by atoms with E-state index in [4.69, 9.17) is 4.74 Å². The van der Waals surface area contributed by atoms with Crippen LogP contribution in [-0.4, -0.2) is 35.5 Å². The molecule has 1 amide bonds. The van der Waals surface area contributed by atoms with Crippen LogP contribution in [0.4, 0.5) is 5.69 Å². The number of ether oxygens (including phenoxy) is 1. The van der Waals surface area contributed by atoms with E-state index < -0.39 is 0 Å². The smallest absolute Gasteiger partial charge is 0.262 e. The summed E-state index contributed by atoms with van der Waals surface area (Å²) in [5.74, 6) is 0.210. The van der Waals surface area contributed by atoms with Crippen LogP contribution in [0.3, 0.4) is 0 Å². The van der Waals surface area contributed by atoms with Crippen LogP contribution in [0, 0.1) is 24.7 Å². The number of allylic oxidation sites excluding steroid dienone is 4. The number of ketones is 2. The summed E-state index contributed by atoms with van der Waals surface area (Å²) in [5, 5.41) is 2.88. The van der Waals surface area contributed by atoms with Gasteiger partial charge in [0.2, 0.25) is 0 Å². The van der Waals surface area contributed by atoms with Gasteiger partial charge in [0.05, 0.1) is 0 Å². The zero-order valence-electron chi connectivity index (χ0n) is 25.4. The number of amides is 1. The maximum absolute atomic E-state index is 13.7. The van der Waals surface area contributed by atoms with Gasteiger partial charge in [-0.2, -0.15) is 0 Å². The fraction of sp³-hybridized carbons (Fsp3) is 0.457. The molecule has 1 N–H and O–H groups in total. The molecule has 41 heavy (non-hydrogen) atoms. The molecular weight excluding hydrogens is 512 g/mol. The van der Waals surface area contributed by atoms with E-state index in [2.05, 4.69) is 44.8 Å². The van der Waals surface area contributed by atoms with Crippen molar-refractivity contribution in [1.82, 2.24) is 4.90 Å². The first kappa shape index (κ1) is 28.8. The van der Waals surface area contributed by atoms with Crippen molar-refractivity contribution in [2.45, 2.75) is 80.1 Å². The first-order valence-corrected chi connectivity index (χ1v) is 14.7. The van der Waals surface area contributed by atoms with Crippen LogP contribution in [0.15, 0.2) is 65.0 Å². The molecule has 5 rings (SSSR count). The molecule has 0 radical (unpaired) electrons. The highest BCUT2D eigenvalue weighted by Gasteiger charge is 2.48. The van der Waals surface area contributed by atoms with Gasteiger partial charge in [0, 0.05) is 53.5 Å². The van der Waals surface area contributed by atoms with Crippen molar-refractivity contribution in [3.63, 3.8) is 0 Å². The van der Waals surface area contributed by atoms with Crippen molar-refractivity contribution in [3.05, 3.63) is 81.7 Å². The minimum Gasteiger partial charge on any atom is -0.484 e. The average Bonchev–Trinajstić information content (AvgIpc) is 2.87. The summed E-state index contributed by atoms with van der Waals surface area (Å²) in [7, 11) is 0. The maximum Gasteiger partial charge on any atom is 0.262 e. The third kappa shape index (κ3) is 5.74. The van der Waals surface area contributed by atoms with E-state index in [0.29, 0.717) is 18.6 Å². The van der Waals surface area contributed by atoms with Gasteiger partial charge in [-0.05, 0) is 85.4 Å². The molecule has 0 saturated carbocycles. The lowest BCUT2D eigenvalue weighted by Crippen LogP contribution is -2.44. The summed E-state index contributed by atoms with van der Waals surface area (Å²) in [4.78, 5) is 42.3. The molecule has 3 aliphatic rings. The van der Waals surface area contributed by atoms with Crippen LogP contribution < -0.4 is 10.1 Å². The van der Waals surface area contributed by atoms with Gasteiger partial charge in [-0.25, -0.2) is 0 Å². The molecule has 0 saturated heterocycles. The van der Waals surface area contributed by atoms with E-state index >= 15 is 0 Å². The summed E-state index contributed by atoms with van der Waals surface area (Å²) < 4.78 is 5.80. The zero-order valence-corrected chi connectivity index (χ0v) is 25.4. The quantitative estimate of drug-likeness (QED) is 0.415. The van der Waals surface area contributed by atoms with Crippen molar-refractivity contribution >= 4 is 23.2 Å². The van der Waals surface area contributed by atoms with Gasteiger partial charge in [0.15, 0.2) is 18.2 Å². The number of carbonyl (C=O) groups excluding carboxylic acids is 3. The van der Waals surface area contributed by atoms with Gasteiger partial charge in [-0.15, -0.1) is 0 Å². The lowest BCUT2D eigenvalue weighted by Gasteiger charge is -2.48. The second kappa shape index (κ2) is 10.6. The lowest BCUT2D eigenvalue weighted by molar-refractivity contribution is -0.120. The predicted molar refractivity (Wildman–Crippen MR) is 162 cm³/mol. The Morgan fingerprint density at radius 2 is 1.41 bits per heavy atom. The third-order valence-electron chi connectivity index (χ3n) is 8.71. The number of Topliss-reactive ketones (excluding diaryl/α,β-unsaturated/α-hetero) is 2. The van der Waals surface area contributed by atoms with Crippen LogP contribution >= 0.6 is 0 Å². The molecule has 6 heteroatoms. The minimum absolute atomic E-state index is 0.118. The summed E-state index contributed by atoms with van der Waals surface area (Å²) >= 11 is 0. The van der Waals surface area contributed by atoms with E-state index in [1.54, 1.807) is 0 Å². The van der Waals surface area contributed by atoms with Crippen molar-refractivity contribution < 1.29 is 19.1 Å². The Bertz CT molecular complexity index is 1420. The monoisotopic (exact) mass is 554 g/mol. The van der Waals surface area contributed by atoms with Gasteiger partial charge in [-0.1, -0.05) is 45.9 Å². The highest BCUT2D eigenvalue weighted by molar-refractivity contribution is 6.06. The van der Waals surface area contributed by atoms with Crippen LogP contribution in [0.1, 0.15) is 82.9 Å². The second-order valence-corrected chi connectivity index (χ2v) is 13.5. The highest BCUT2D eigenvalue weighted by Crippen LogP contribution is 2.54. The number of benzene rings is 2. The Labute approximate surface area is 243 Å². The normalized spacial score (nSPS) is 20.1. The summed E-state index contributed by atoms with van der Waals surface area (Å²) in [6, 6.07) is 13.4. The van der Waals surface area contributed by atoms with Crippen LogP contribution in [0.5, 0.6) is 5.75 Å². The van der Waals surface area contributed by atoms with E-state index in [1.807, 2.05) is 56.3 Å². The van der Waals surface area contributed by atoms with Crippen molar-refractivity contribution in [2.24, 2.45) is 10.8 Å². The molecule has 0 bridgehead atoms. The molecule has 1 heterocycles. The Kier molecular flexibility index (Phi) is 7.47. The van der Waals surface area contributed by atoms with Gasteiger partial charge < -0.3 is 15.0 Å². The molecule has 2 aliphatic carbocycles. The van der Waals surface area contributed by atoms with Gasteiger partial charge in [0.1, 0.15) is 5.75 Å². The fourth-order valence-electron chi connectivity index (χ4n) is 6.68. The van der Waals surface area contributed by atoms with Crippen molar-refractivity contribution in [2.75, 3.05) is 18.5 Å². The zero-order chi connectivity index (χ0) is 29.7. The van der Waals surface area contributed by atoms with Crippen molar-refractivity contribution in [3.8, 4) is 5.75 Å². The Balaban J connectivity index is 1.43. The second-order valence-electron chi connectivity index (χ2n) is 13.5. The third-order valence-corrected chi connectivity index (χ3v) is 8.71. The number of carbonyl (C=O) groups is 3. The predicted octanol–water partition coefficient (Wildman–Crippen LogP) is 7.03.